The molecule has 4 heterocycles. The molecule has 28 heteroatoms. The maximum absolute atomic E-state index is 15.3. The number of esters is 8. The molecule has 580 valence electrons. The van der Waals surface area contributed by atoms with Gasteiger partial charge in [0.2, 0.25) is 5.91 Å². The van der Waals surface area contributed by atoms with Crippen molar-refractivity contribution in [2.75, 3.05) is 20.3 Å². The summed E-state index contributed by atoms with van der Waals surface area (Å²) in [6.07, 6.45) is -33.1. The molecule has 4 saturated heterocycles. The van der Waals surface area contributed by atoms with Crippen LogP contribution in [0.3, 0.4) is 0 Å². The zero-order chi connectivity index (χ0) is 77.8. The van der Waals surface area contributed by atoms with Gasteiger partial charge < -0.3 is 90.6 Å². The molecule has 1 N–H and O–H groups in total. The summed E-state index contributed by atoms with van der Waals surface area (Å²) in [5, 5.41) is 2.88. The molecule has 0 spiro atoms. The molecule has 0 saturated carbocycles. The van der Waals surface area contributed by atoms with E-state index < -0.39 is 183 Å². The Bertz CT molecular complexity index is 4190. The summed E-state index contributed by atoms with van der Waals surface area (Å²) >= 11 is 0. The van der Waals surface area contributed by atoms with Crippen molar-refractivity contribution >= 4 is 53.7 Å². The molecule has 0 unspecified atom stereocenters. The predicted molar refractivity (Wildman–Crippen MR) is 382 cm³/mol. The lowest BCUT2D eigenvalue weighted by molar-refractivity contribution is -0.390. The Hall–Kier alpha value is -10.6. The lowest BCUT2D eigenvalue weighted by Crippen LogP contribution is -2.70. The van der Waals surface area contributed by atoms with E-state index in [0.717, 1.165) is 26.3 Å². The number of hydrogen-bond acceptors (Lipinski definition) is 27. The van der Waals surface area contributed by atoms with E-state index in [2.05, 4.69) is 5.32 Å². The van der Waals surface area contributed by atoms with Gasteiger partial charge in [-0.2, -0.15) is 0 Å². The van der Waals surface area contributed by atoms with Crippen LogP contribution < -0.4 is 5.32 Å². The second-order valence-electron chi connectivity index (χ2n) is 26.2. The Morgan fingerprint density at radius 2 is 0.664 bits per heavy atom. The summed E-state index contributed by atoms with van der Waals surface area (Å²) in [5.74, 6) is -8.39. The first-order valence-electron chi connectivity index (χ1n) is 35.6. The second-order valence-corrected chi connectivity index (χ2v) is 26.2. The molecule has 28 nitrogen and oxygen atoms in total. The molecule has 4 fully saturated rings. The molecular formula is C82H85NO27. The maximum Gasteiger partial charge on any atom is 0.338 e. The number of hydrogen-bond donors (Lipinski definition) is 1. The van der Waals surface area contributed by atoms with Crippen LogP contribution in [0.2, 0.25) is 0 Å². The zero-order valence-corrected chi connectivity index (χ0v) is 61.1. The van der Waals surface area contributed by atoms with Gasteiger partial charge in [0.1, 0.15) is 43.2 Å². The number of methoxy groups -OCH3 is 1. The van der Waals surface area contributed by atoms with Crippen LogP contribution in [0.4, 0.5) is 0 Å². The monoisotopic (exact) mass is 1520 g/mol. The van der Waals surface area contributed by atoms with Crippen molar-refractivity contribution in [3.05, 3.63) is 251 Å². The van der Waals surface area contributed by atoms with Gasteiger partial charge in [0.25, 0.3) is 0 Å². The van der Waals surface area contributed by atoms with Gasteiger partial charge in [-0.1, -0.05) is 152 Å². The van der Waals surface area contributed by atoms with E-state index >= 15 is 4.79 Å². The van der Waals surface area contributed by atoms with Crippen molar-refractivity contribution < 1.29 is 128 Å². The lowest BCUT2D eigenvalue weighted by Gasteiger charge is -2.51. The third-order valence-corrected chi connectivity index (χ3v) is 18.2. The lowest BCUT2D eigenvalue weighted by atomic mass is 9.94. The van der Waals surface area contributed by atoms with Crippen molar-refractivity contribution in [2.24, 2.45) is 0 Å². The van der Waals surface area contributed by atoms with Crippen molar-refractivity contribution in [1.29, 1.82) is 0 Å². The third kappa shape index (κ3) is 21.0. The van der Waals surface area contributed by atoms with Gasteiger partial charge in [-0.15, -0.1) is 0 Å². The molecular weight excluding hydrogens is 1430 g/mol. The minimum Gasteiger partial charge on any atom is -0.463 e. The highest BCUT2D eigenvalue weighted by molar-refractivity contribution is 5.92. The Morgan fingerprint density at radius 3 is 1.08 bits per heavy atom. The average Bonchev–Trinajstić information content (AvgIpc) is 0.756. The van der Waals surface area contributed by atoms with Crippen LogP contribution in [0.5, 0.6) is 0 Å². The van der Waals surface area contributed by atoms with Gasteiger partial charge in [0, 0.05) is 34.8 Å². The largest absolute Gasteiger partial charge is 0.463 e. The van der Waals surface area contributed by atoms with Crippen molar-refractivity contribution in [2.45, 2.75) is 178 Å². The van der Waals surface area contributed by atoms with Crippen LogP contribution in [-0.2, 0) is 118 Å². The number of benzene rings is 7. The Morgan fingerprint density at radius 1 is 0.327 bits per heavy atom. The SMILES string of the molecule is CO[C@H]1O[C@H](COCc2ccccc2)[C@@H](OCc2ccccc2)[C@H](O[C@H]2O[C@H](COC(C)=O)[C@H](OC(C)=O)[C@H](OC(C)=O)[C@H]2O[C@@H]2O[C@@H](C)[C@H](OC(=O)c3ccccc3)[C@@H](O[C@@H]3O[C@@H](C)[C@H](OC(=O)c4ccccc4)[C@@H](OC(=O)c4ccccc4)[C@H]3OC(=O)c3ccccc3)[C@H]2OC(=O)c2ccccc2)[C@H]1NC(C)=O. The van der Waals surface area contributed by atoms with Gasteiger partial charge in [-0.3, -0.25) is 19.2 Å². The first-order chi connectivity index (χ1) is 53.2. The standard InChI is InChI=1S/C82H85NO27/c1-47-63(103-74(88)55-33-19-10-20-34-55)68(105-76(90)57-37-23-12-24-38-57)71(106-77(91)58-39-25-13-26-40-58)80(97-47)109-69-64(104-75(89)56-35-21-11-22-36-56)48(2)98-81(72(69)107-78(92)59-41-27-14-28-42-59)110-73-70(100-52(6)87)66(99-51(5)86)61(46-95-50(4)85)102-82(73)108-67-62(83-49(3)84)79(93-7)101-60(45-94-43-53-29-15-8-16-30-53)65(67)96-44-54-31-17-9-18-32-54/h8-42,47-48,60-73,79-82H,43-46H2,1-7H3,(H,83,84)/t47-,48-,60+,61+,62+,63-,64-,65+,66-,67+,68+,69+,70-,71+,72+,73+,79-,80-,81-,82+/m0/s1. The summed E-state index contributed by atoms with van der Waals surface area (Å²) in [6.45, 7) is 6.44. The highest BCUT2D eigenvalue weighted by Gasteiger charge is 2.61. The maximum atomic E-state index is 15.3. The number of carbonyl (C=O) groups is 9. The minimum absolute atomic E-state index is 0.0166. The van der Waals surface area contributed by atoms with E-state index in [1.165, 1.54) is 88.5 Å². The fourth-order valence-corrected chi connectivity index (χ4v) is 13.1. The summed E-state index contributed by atoms with van der Waals surface area (Å²) in [7, 11) is 1.33. The van der Waals surface area contributed by atoms with Gasteiger partial charge in [0.15, 0.2) is 74.0 Å². The van der Waals surface area contributed by atoms with E-state index in [-0.39, 0.29) is 47.6 Å². The van der Waals surface area contributed by atoms with Gasteiger partial charge >= 0.3 is 47.8 Å². The summed E-state index contributed by atoms with van der Waals surface area (Å²) in [5.41, 5.74) is 1.51. The van der Waals surface area contributed by atoms with Crippen LogP contribution >= 0.6 is 0 Å². The van der Waals surface area contributed by atoms with Crippen LogP contribution in [0.1, 0.15) is 104 Å². The number of carbonyl (C=O) groups excluding carboxylic acids is 9. The molecule has 0 radical (unpaired) electrons. The Kier molecular flexibility index (Phi) is 28.2. The fraction of sp³-hybridized carbons (Fsp3) is 0.378. The second kappa shape index (κ2) is 38.6. The molecule has 1 amide bonds. The number of nitrogens with one attached hydrogen (secondary N) is 1. The fourth-order valence-electron chi connectivity index (χ4n) is 13.1. The van der Waals surface area contributed by atoms with Crippen molar-refractivity contribution in [1.82, 2.24) is 5.32 Å². The molecule has 0 aromatic heterocycles. The average molecular weight is 1520 g/mol. The van der Waals surface area contributed by atoms with Crippen LogP contribution in [0, 0.1) is 0 Å². The van der Waals surface area contributed by atoms with E-state index in [0.29, 0.717) is 5.56 Å². The highest BCUT2D eigenvalue weighted by atomic mass is 16.8. The molecule has 110 heavy (non-hydrogen) atoms. The first kappa shape index (κ1) is 80.4. The first-order valence-corrected chi connectivity index (χ1v) is 35.6. The normalized spacial score (nSPS) is 27.8. The van der Waals surface area contributed by atoms with E-state index in [9.17, 15) is 38.4 Å². The highest BCUT2D eigenvalue weighted by Crippen LogP contribution is 2.41. The molecule has 0 bridgehead atoms. The van der Waals surface area contributed by atoms with Gasteiger partial charge in [0.05, 0.1) is 59.8 Å². The molecule has 11 rings (SSSR count). The topological polar surface area (TPSA) is 332 Å². The smallest absolute Gasteiger partial charge is 0.338 e. The van der Waals surface area contributed by atoms with E-state index in [4.69, 9.17) is 85.3 Å². The molecule has 4 aliphatic rings. The number of rotatable bonds is 29. The molecule has 7 aromatic rings. The van der Waals surface area contributed by atoms with E-state index in [1.807, 2.05) is 48.5 Å². The van der Waals surface area contributed by atoms with Gasteiger partial charge in [-0.05, 0) is 85.6 Å². The molecule has 4 aliphatic heterocycles. The Balaban J connectivity index is 1.08. The van der Waals surface area contributed by atoms with Crippen LogP contribution in [0.15, 0.2) is 212 Å². The van der Waals surface area contributed by atoms with Crippen LogP contribution in [0.25, 0.3) is 0 Å². The number of ether oxygens (including phenoxy) is 18. The quantitative estimate of drug-likeness (QED) is 0.0338. The predicted octanol–water partition coefficient (Wildman–Crippen LogP) is 8.59. The third-order valence-electron chi connectivity index (χ3n) is 18.2. The summed E-state index contributed by atoms with van der Waals surface area (Å²) in [6, 6.07) is 55.6. The minimum atomic E-state index is -2.13. The summed E-state index contributed by atoms with van der Waals surface area (Å²) < 4.78 is 118. The van der Waals surface area contributed by atoms with Crippen molar-refractivity contribution in [3.8, 4) is 0 Å². The van der Waals surface area contributed by atoms with Crippen LogP contribution in [-0.4, -0.2) is 197 Å². The summed E-state index contributed by atoms with van der Waals surface area (Å²) in [4.78, 5) is 128. The van der Waals surface area contributed by atoms with E-state index in [1.54, 1.807) is 103 Å². The molecule has 20 atom stereocenters. The Labute approximate surface area is 633 Å². The number of amides is 1. The van der Waals surface area contributed by atoms with Crippen molar-refractivity contribution in [3.63, 3.8) is 0 Å². The van der Waals surface area contributed by atoms with Gasteiger partial charge in [-0.25, -0.2) is 24.0 Å². The zero-order valence-electron chi connectivity index (χ0n) is 61.1. The molecule has 7 aromatic carbocycles. The molecule has 0 aliphatic carbocycles.